The zero-order valence-electron chi connectivity index (χ0n) is 17.8. The van der Waals surface area contributed by atoms with Gasteiger partial charge in [-0.05, 0) is 51.9 Å². The lowest BCUT2D eigenvalue weighted by atomic mass is 9.73. The average molecular weight is 411 g/mol. The fourth-order valence-corrected chi connectivity index (χ4v) is 5.12. The van der Waals surface area contributed by atoms with Gasteiger partial charge in [0.25, 0.3) is 0 Å². The number of esters is 2. The van der Waals surface area contributed by atoms with Gasteiger partial charge in [0, 0.05) is 18.4 Å². The van der Waals surface area contributed by atoms with E-state index >= 15 is 0 Å². The second-order valence-electron chi connectivity index (χ2n) is 9.51. The van der Waals surface area contributed by atoms with Crippen LogP contribution < -0.4 is 0 Å². The van der Waals surface area contributed by atoms with Gasteiger partial charge in [0.15, 0.2) is 0 Å². The molecule has 3 fully saturated rings. The number of hydrogen-bond acceptors (Lipinski definition) is 7. The lowest BCUT2D eigenvalue weighted by molar-refractivity contribution is -0.235. The standard InChI is InChI=1S/C22H34O7/c1-12-7-6-9-21(4,26)16-8-10-22(5,29-14(3)23)17(27-16)11-15-13(2)20(25)28-19(12)18(15)24/h12,15-19,24,26H,2,6-11H2,1,3-5H3/t12-,15-,16+,17+,18+,19+,21-,22-/m0/s1. The Labute approximate surface area is 172 Å². The zero-order valence-corrected chi connectivity index (χ0v) is 17.8. The maximum atomic E-state index is 12.4. The van der Waals surface area contributed by atoms with Gasteiger partial charge in [-0.3, -0.25) is 4.79 Å². The molecule has 3 rings (SSSR count). The topological polar surface area (TPSA) is 102 Å². The van der Waals surface area contributed by atoms with Crippen molar-refractivity contribution >= 4 is 11.9 Å². The second-order valence-corrected chi connectivity index (χ2v) is 9.51. The molecule has 3 aliphatic rings. The van der Waals surface area contributed by atoms with Crippen LogP contribution in [0.25, 0.3) is 0 Å². The van der Waals surface area contributed by atoms with Crippen molar-refractivity contribution in [2.45, 2.75) is 102 Å². The van der Waals surface area contributed by atoms with Crippen LogP contribution in [0.15, 0.2) is 12.2 Å². The first-order valence-corrected chi connectivity index (χ1v) is 10.6. The van der Waals surface area contributed by atoms with Crippen LogP contribution in [0.5, 0.6) is 0 Å². The van der Waals surface area contributed by atoms with Crippen molar-refractivity contribution in [1.29, 1.82) is 0 Å². The van der Waals surface area contributed by atoms with Crippen molar-refractivity contribution in [2.75, 3.05) is 0 Å². The lowest BCUT2D eigenvalue weighted by Crippen LogP contribution is -2.58. The third kappa shape index (κ3) is 4.37. The van der Waals surface area contributed by atoms with Crippen molar-refractivity contribution in [3.8, 4) is 0 Å². The maximum Gasteiger partial charge on any atom is 0.334 e. The van der Waals surface area contributed by atoms with Crippen LogP contribution in [0.4, 0.5) is 0 Å². The zero-order chi connectivity index (χ0) is 21.6. The van der Waals surface area contributed by atoms with Crippen LogP contribution in [0.1, 0.15) is 66.2 Å². The molecule has 164 valence electrons. The number of aliphatic hydroxyl groups is 2. The van der Waals surface area contributed by atoms with E-state index in [1.807, 2.05) is 13.8 Å². The lowest BCUT2D eigenvalue weighted by Gasteiger charge is -2.49. The minimum atomic E-state index is -1.02. The molecule has 0 radical (unpaired) electrons. The number of fused-ring (bicyclic) bond motifs is 4. The molecule has 0 aromatic heterocycles. The van der Waals surface area contributed by atoms with Crippen LogP contribution in [0.3, 0.4) is 0 Å². The van der Waals surface area contributed by atoms with E-state index in [9.17, 15) is 19.8 Å². The Hall–Kier alpha value is -1.44. The first-order valence-electron chi connectivity index (χ1n) is 10.6. The summed E-state index contributed by atoms with van der Waals surface area (Å²) in [5, 5.41) is 22.1. The van der Waals surface area contributed by atoms with Gasteiger partial charge in [-0.25, -0.2) is 4.79 Å². The van der Waals surface area contributed by atoms with E-state index in [1.165, 1.54) is 6.92 Å². The van der Waals surface area contributed by atoms with Crippen LogP contribution >= 0.6 is 0 Å². The summed E-state index contributed by atoms with van der Waals surface area (Å²) in [4.78, 5) is 24.2. The van der Waals surface area contributed by atoms with Crippen molar-refractivity contribution in [2.24, 2.45) is 11.8 Å². The van der Waals surface area contributed by atoms with Gasteiger partial charge < -0.3 is 24.4 Å². The summed E-state index contributed by atoms with van der Waals surface area (Å²) < 4.78 is 17.4. The van der Waals surface area contributed by atoms with E-state index in [4.69, 9.17) is 14.2 Å². The van der Waals surface area contributed by atoms with Crippen LogP contribution in [-0.2, 0) is 23.8 Å². The Balaban J connectivity index is 1.98. The van der Waals surface area contributed by atoms with Gasteiger partial charge in [0.05, 0.1) is 23.9 Å². The first-order chi connectivity index (χ1) is 13.4. The van der Waals surface area contributed by atoms with Gasteiger partial charge in [0.2, 0.25) is 0 Å². The molecule has 7 nitrogen and oxygen atoms in total. The van der Waals surface area contributed by atoms with Crippen molar-refractivity contribution in [3.05, 3.63) is 12.2 Å². The molecular formula is C22H34O7. The Morgan fingerprint density at radius 1 is 1.24 bits per heavy atom. The number of ether oxygens (including phenoxy) is 3. The van der Waals surface area contributed by atoms with E-state index in [0.29, 0.717) is 32.1 Å². The summed E-state index contributed by atoms with van der Waals surface area (Å²) in [6.07, 6.45) is 0.761. The summed E-state index contributed by atoms with van der Waals surface area (Å²) in [6, 6.07) is 0. The Bertz CT molecular complexity index is 672. The summed E-state index contributed by atoms with van der Waals surface area (Å²) in [7, 11) is 0. The van der Waals surface area contributed by atoms with Crippen molar-refractivity contribution < 1.29 is 34.0 Å². The minimum absolute atomic E-state index is 0.0552. The Kier molecular flexibility index (Phi) is 6.14. The highest BCUT2D eigenvalue weighted by atomic mass is 16.6. The highest BCUT2D eigenvalue weighted by Gasteiger charge is 2.52. The number of rotatable bonds is 1. The number of hydrogen-bond donors (Lipinski definition) is 2. The van der Waals surface area contributed by atoms with E-state index in [0.717, 1.165) is 0 Å². The molecule has 3 aliphatic heterocycles. The summed E-state index contributed by atoms with van der Waals surface area (Å²) in [5.74, 6) is -1.53. The number of carbonyl (C=O) groups excluding carboxylic acids is 2. The SMILES string of the molecule is C=C1C(=O)O[C@H]2[C@H](O)[C@H]1C[C@H]1O[C@H](CC[C@]1(C)OC(C)=O)[C@@](C)(O)CCC[C@@H]2C. The van der Waals surface area contributed by atoms with E-state index in [2.05, 4.69) is 6.58 Å². The molecule has 0 aromatic rings. The number of carbonyl (C=O) groups is 2. The monoisotopic (exact) mass is 410 g/mol. The summed E-state index contributed by atoms with van der Waals surface area (Å²) in [6.45, 7) is 10.8. The molecule has 3 heterocycles. The molecule has 4 bridgehead atoms. The summed E-state index contributed by atoms with van der Waals surface area (Å²) >= 11 is 0. The molecule has 2 N–H and O–H groups in total. The van der Waals surface area contributed by atoms with Gasteiger partial charge >= 0.3 is 11.9 Å². The summed E-state index contributed by atoms with van der Waals surface area (Å²) in [5.41, 5.74) is -1.72. The van der Waals surface area contributed by atoms with Crippen LogP contribution in [-0.4, -0.2) is 57.8 Å². The number of aliphatic hydroxyl groups excluding tert-OH is 1. The largest absolute Gasteiger partial charge is 0.457 e. The van der Waals surface area contributed by atoms with Gasteiger partial charge in [-0.15, -0.1) is 0 Å². The molecule has 0 aliphatic carbocycles. The highest BCUT2D eigenvalue weighted by Crippen LogP contribution is 2.43. The van der Waals surface area contributed by atoms with Crippen LogP contribution in [0, 0.1) is 11.8 Å². The van der Waals surface area contributed by atoms with Crippen LogP contribution in [0.2, 0.25) is 0 Å². The van der Waals surface area contributed by atoms with E-state index < -0.39 is 53.5 Å². The Morgan fingerprint density at radius 3 is 2.59 bits per heavy atom. The molecule has 0 saturated carbocycles. The highest BCUT2D eigenvalue weighted by molar-refractivity contribution is 5.89. The molecule has 3 saturated heterocycles. The molecule has 0 unspecified atom stereocenters. The second kappa shape index (κ2) is 8.00. The Morgan fingerprint density at radius 2 is 1.93 bits per heavy atom. The molecule has 7 heteroatoms. The predicted molar refractivity (Wildman–Crippen MR) is 105 cm³/mol. The molecule has 0 amide bonds. The maximum absolute atomic E-state index is 12.4. The van der Waals surface area contributed by atoms with Crippen molar-refractivity contribution in [1.82, 2.24) is 0 Å². The van der Waals surface area contributed by atoms with E-state index in [-0.39, 0.29) is 17.9 Å². The minimum Gasteiger partial charge on any atom is -0.457 e. The fourth-order valence-electron chi connectivity index (χ4n) is 5.12. The van der Waals surface area contributed by atoms with Crippen molar-refractivity contribution in [3.63, 3.8) is 0 Å². The van der Waals surface area contributed by atoms with Gasteiger partial charge in [0.1, 0.15) is 11.7 Å². The molecule has 0 spiro atoms. The quantitative estimate of drug-likeness (QED) is 0.505. The molecule has 0 aromatic carbocycles. The van der Waals surface area contributed by atoms with E-state index in [1.54, 1.807) is 6.92 Å². The predicted octanol–water partition coefficient (Wildman–Crippen LogP) is 2.28. The molecule has 8 atom stereocenters. The third-order valence-electron chi connectivity index (χ3n) is 7.06. The normalized spacial score (nSPS) is 46.1. The van der Waals surface area contributed by atoms with Gasteiger partial charge in [-0.2, -0.15) is 0 Å². The third-order valence-corrected chi connectivity index (χ3v) is 7.06. The fraction of sp³-hybridized carbons (Fsp3) is 0.818. The smallest absolute Gasteiger partial charge is 0.334 e. The first kappa shape index (κ1) is 22.2. The molecule has 29 heavy (non-hydrogen) atoms. The average Bonchev–Trinajstić information content (AvgIpc) is 2.61. The van der Waals surface area contributed by atoms with Gasteiger partial charge in [-0.1, -0.05) is 19.9 Å². The molecular weight excluding hydrogens is 376 g/mol.